The molecule has 94 valence electrons. The van der Waals surface area contributed by atoms with Crippen LogP contribution >= 0.6 is 0 Å². The van der Waals surface area contributed by atoms with Crippen molar-refractivity contribution in [3.63, 3.8) is 0 Å². The lowest BCUT2D eigenvalue weighted by Gasteiger charge is -2.31. The van der Waals surface area contributed by atoms with E-state index < -0.39 is 0 Å². The molecule has 0 amide bonds. The third-order valence-corrected chi connectivity index (χ3v) is 3.69. The maximum Gasteiger partial charge on any atom is 0.0573 e. The van der Waals surface area contributed by atoms with Crippen LogP contribution in [0.3, 0.4) is 0 Å². The average molecular weight is 233 g/mol. The molecule has 3 nitrogen and oxygen atoms in total. The molecule has 1 N–H and O–H groups in total. The quantitative estimate of drug-likeness (QED) is 0.860. The van der Waals surface area contributed by atoms with Crippen molar-refractivity contribution in [2.24, 2.45) is 5.92 Å². The van der Waals surface area contributed by atoms with Gasteiger partial charge in [-0.3, -0.25) is 9.88 Å². The summed E-state index contributed by atoms with van der Waals surface area (Å²) in [4.78, 5) is 7.00. The number of hydrogen-bond acceptors (Lipinski definition) is 3. The van der Waals surface area contributed by atoms with Gasteiger partial charge in [0.05, 0.1) is 5.69 Å². The first-order chi connectivity index (χ1) is 8.29. The Bertz CT molecular complexity index is 343. The van der Waals surface area contributed by atoms with Crippen molar-refractivity contribution < 1.29 is 0 Å². The topological polar surface area (TPSA) is 28.2 Å². The number of pyridine rings is 1. The van der Waals surface area contributed by atoms with Crippen molar-refractivity contribution in [3.8, 4) is 0 Å². The van der Waals surface area contributed by atoms with Gasteiger partial charge in [-0.1, -0.05) is 6.07 Å². The Balaban J connectivity index is 1.84. The van der Waals surface area contributed by atoms with E-state index in [0.717, 1.165) is 19.0 Å². The minimum Gasteiger partial charge on any atom is -0.319 e. The molecule has 1 aromatic heterocycles. The fourth-order valence-corrected chi connectivity index (χ4v) is 2.53. The van der Waals surface area contributed by atoms with Crippen LogP contribution < -0.4 is 5.32 Å². The monoisotopic (exact) mass is 233 g/mol. The maximum absolute atomic E-state index is 4.47. The highest BCUT2D eigenvalue weighted by atomic mass is 15.1. The van der Waals surface area contributed by atoms with Gasteiger partial charge in [-0.2, -0.15) is 0 Å². The van der Waals surface area contributed by atoms with Gasteiger partial charge in [-0.15, -0.1) is 0 Å². The van der Waals surface area contributed by atoms with Crippen LogP contribution in [0.1, 0.15) is 24.1 Å². The molecule has 0 aromatic carbocycles. The van der Waals surface area contributed by atoms with E-state index in [1.54, 1.807) is 0 Å². The van der Waals surface area contributed by atoms with E-state index in [1.165, 1.54) is 37.2 Å². The molecule has 3 heteroatoms. The summed E-state index contributed by atoms with van der Waals surface area (Å²) in [6.07, 6.45) is 4.52. The van der Waals surface area contributed by atoms with Crippen LogP contribution in [-0.2, 0) is 6.54 Å². The highest BCUT2D eigenvalue weighted by molar-refractivity contribution is 5.17. The number of piperidine rings is 1. The number of nitrogens with zero attached hydrogens (tertiary/aromatic N) is 2. The Morgan fingerprint density at radius 2 is 2.18 bits per heavy atom. The molecule has 0 unspecified atom stereocenters. The van der Waals surface area contributed by atoms with Crippen molar-refractivity contribution in [1.82, 2.24) is 15.2 Å². The molecule has 0 bridgehead atoms. The second-order valence-electron chi connectivity index (χ2n) is 5.04. The molecule has 1 aliphatic heterocycles. The minimum atomic E-state index is 0.862. The standard InChI is InChI=1S/C14H23N3/c1-12-4-3-7-16-14(12)11-17-8-5-13(6-9-17)10-15-2/h3-4,7,13,15H,5-6,8-11H2,1-2H3. The van der Waals surface area contributed by atoms with E-state index in [9.17, 15) is 0 Å². The molecule has 0 saturated carbocycles. The molecule has 17 heavy (non-hydrogen) atoms. The van der Waals surface area contributed by atoms with Gasteiger partial charge in [-0.05, 0) is 64.0 Å². The highest BCUT2D eigenvalue weighted by Gasteiger charge is 2.19. The fourth-order valence-electron chi connectivity index (χ4n) is 2.53. The zero-order valence-electron chi connectivity index (χ0n) is 10.9. The number of aryl methyl sites for hydroxylation is 1. The molecule has 1 fully saturated rings. The van der Waals surface area contributed by atoms with Gasteiger partial charge in [0.15, 0.2) is 0 Å². The molecule has 1 saturated heterocycles. The number of aromatic nitrogens is 1. The molecule has 0 spiro atoms. The van der Waals surface area contributed by atoms with Gasteiger partial charge in [0, 0.05) is 12.7 Å². The third kappa shape index (κ3) is 3.51. The zero-order chi connectivity index (χ0) is 12.1. The fraction of sp³-hybridized carbons (Fsp3) is 0.643. The summed E-state index contributed by atoms with van der Waals surface area (Å²) in [7, 11) is 2.05. The lowest BCUT2D eigenvalue weighted by molar-refractivity contribution is 0.175. The first-order valence-electron chi connectivity index (χ1n) is 6.57. The van der Waals surface area contributed by atoms with Gasteiger partial charge < -0.3 is 5.32 Å². The van der Waals surface area contributed by atoms with Crippen molar-refractivity contribution in [2.75, 3.05) is 26.7 Å². The van der Waals surface area contributed by atoms with E-state index in [2.05, 4.69) is 28.2 Å². The molecule has 2 rings (SSSR count). The first kappa shape index (κ1) is 12.5. The van der Waals surface area contributed by atoms with E-state index >= 15 is 0 Å². The van der Waals surface area contributed by atoms with E-state index in [1.807, 2.05) is 19.3 Å². The van der Waals surface area contributed by atoms with Crippen LogP contribution in [0.15, 0.2) is 18.3 Å². The summed E-state index contributed by atoms with van der Waals surface area (Å²) in [6, 6.07) is 4.16. The van der Waals surface area contributed by atoms with E-state index in [4.69, 9.17) is 0 Å². The SMILES string of the molecule is CNCC1CCN(Cc2ncccc2C)CC1. The maximum atomic E-state index is 4.47. The lowest BCUT2D eigenvalue weighted by Crippen LogP contribution is -2.36. The number of likely N-dealkylation sites (tertiary alicyclic amines) is 1. The summed E-state index contributed by atoms with van der Waals surface area (Å²) >= 11 is 0. The Hall–Kier alpha value is -0.930. The highest BCUT2D eigenvalue weighted by Crippen LogP contribution is 2.18. The third-order valence-electron chi connectivity index (χ3n) is 3.69. The molecule has 1 aromatic rings. The Labute approximate surface area is 104 Å². The normalized spacial score (nSPS) is 18.5. The zero-order valence-corrected chi connectivity index (χ0v) is 10.9. The Morgan fingerprint density at radius 3 is 2.82 bits per heavy atom. The summed E-state index contributed by atoms with van der Waals surface area (Å²) in [6.45, 7) is 6.75. The molecule has 1 aliphatic rings. The van der Waals surface area contributed by atoms with Crippen LogP contribution in [0, 0.1) is 12.8 Å². The van der Waals surface area contributed by atoms with E-state index in [0.29, 0.717) is 0 Å². The second-order valence-corrected chi connectivity index (χ2v) is 5.04. The second kappa shape index (κ2) is 6.12. The largest absolute Gasteiger partial charge is 0.319 e. The van der Waals surface area contributed by atoms with Crippen LogP contribution in [0.4, 0.5) is 0 Å². The number of rotatable bonds is 4. The summed E-state index contributed by atoms with van der Waals surface area (Å²) < 4.78 is 0. The Kier molecular flexibility index (Phi) is 4.51. The van der Waals surface area contributed by atoms with Crippen molar-refractivity contribution in [1.29, 1.82) is 0 Å². The lowest BCUT2D eigenvalue weighted by atomic mass is 9.96. The molecule has 2 heterocycles. The van der Waals surface area contributed by atoms with Gasteiger partial charge in [0.25, 0.3) is 0 Å². The van der Waals surface area contributed by atoms with Gasteiger partial charge in [0.2, 0.25) is 0 Å². The first-order valence-corrected chi connectivity index (χ1v) is 6.57. The average Bonchev–Trinajstić information content (AvgIpc) is 2.35. The summed E-state index contributed by atoms with van der Waals surface area (Å²) in [5, 5.41) is 3.28. The van der Waals surface area contributed by atoms with Crippen LogP contribution in [0.25, 0.3) is 0 Å². The predicted octanol–water partition coefficient (Wildman–Crippen LogP) is 1.82. The summed E-state index contributed by atoms with van der Waals surface area (Å²) in [5.41, 5.74) is 2.55. The summed E-state index contributed by atoms with van der Waals surface area (Å²) in [5.74, 6) is 0.862. The van der Waals surface area contributed by atoms with Crippen LogP contribution in [0.5, 0.6) is 0 Å². The number of hydrogen-bond donors (Lipinski definition) is 1. The van der Waals surface area contributed by atoms with Crippen molar-refractivity contribution in [2.45, 2.75) is 26.3 Å². The van der Waals surface area contributed by atoms with Gasteiger partial charge in [0.1, 0.15) is 0 Å². The van der Waals surface area contributed by atoms with Crippen LogP contribution in [-0.4, -0.2) is 36.6 Å². The molecular formula is C14H23N3. The molecule has 0 radical (unpaired) electrons. The van der Waals surface area contributed by atoms with Gasteiger partial charge >= 0.3 is 0 Å². The molecule has 0 atom stereocenters. The van der Waals surface area contributed by atoms with Crippen LogP contribution in [0.2, 0.25) is 0 Å². The minimum absolute atomic E-state index is 0.862. The predicted molar refractivity (Wildman–Crippen MR) is 70.9 cm³/mol. The Morgan fingerprint density at radius 1 is 1.41 bits per heavy atom. The van der Waals surface area contributed by atoms with E-state index in [-0.39, 0.29) is 0 Å². The molecule has 0 aliphatic carbocycles. The smallest absolute Gasteiger partial charge is 0.0573 e. The van der Waals surface area contributed by atoms with Crippen molar-refractivity contribution in [3.05, 3.63) is 29.6 Å². The van der Waals surface area contributed by atoms with Crippen molar-refractivity contribution >= 4 is 0 Å². The molecular weight excluding hydrogens is 210 g/mol. The number of nitrogens with one attached hydrogen (secondary N) is 1. The van der Waals surface area contributed by atoms with Gasteiger partial charge in [-0.25, -0.2) is 0 Å².